The molecule has 1 aromatic rings. The van der Waals surface area contributed by atoms with Crippen molar-refractivity contribution in [3.8, 4) is 0 Å². The van der Waals surface area contributed by atoms with Crippen molar-refractivity contribution in [1.29, 1.82) is 0 Å². The van der Waals surface area contributed by atoms with Gasteiger partial charge >= 0.3 is 12.3 Å². The third kappa shape index (κ3) is 5.28. The van der Waals surface area contributed by atoms with Crippen molar-refractivity contribution in [2.45, 2.75) is 64.4 Å². The van der Waals surface area contributed by atoms with Gasteiger partial charge in [-0.05, 0) is 38.8 Å². The molecule has 7 nitrogen and oxygen atoms in total. The minimum atomic E-state index is -4.53. The number of pyridine rings is 1. The number of hydrogen-bond acceptors (Lipinski definition) is 5. The Morgan fingerprint density at radius 2 is 2.06 bits per heavy atom. The minimum absolute atomic E-state index is 0.0241. The smallest absolute Gasteiger partial charge is 0.417 e. The van der Waals surface area contributed by atoms with Crippen LogP contribution in [0.3, 0.4) is 0 Å². The molecule has 2 aliphatic rings. The number of fused-ring (bicyclic) bond motifs is 1. The van der Waals surface area contributed by atoms with Crippen LogP contribution < -0.4 is 5.32 Å². The van der Waals surface area contributed by atoms with E-state index in [1.165, 1.54) is 4.90 Å². The first-order chi connectivity index (χ1) is 14.8. The van der Waals surface area contributed by atoms with E-state index in [-0.39, 0.29) is 31.8 Å². The Bertz CT molecular complexity index is 939. The molecule has 1 aromatic heterocycles. The Labute approximate surface area is 184 Å². The number of halogens is 3. The van der Waals surface area contributed by atoms with E-state index in [9.17, 15) is 27.6 Å². The molecule has 0 saturated heterocycles. The van der Waals surface area contributed by atoms with Crippen molar-refractivity contribution in [3.63, 3.8) is 0 Å². The van der Waals surface area contributed by atoms with E-state index in [1.54, 1.807) is 32.9 Å². The third-order valence-electron chi connectivity index (χ3n) is 5.46. The number of nitrogens with one attached hydrogen (secondary N) is 1. The molecule has 1 aliphatic heterocycles. The predicted molar refractivity (Wildman–Crippen MR) is 108 cm³/mol. The first kappa shape index (κ1) is 23.7. The number of carbonyl (C=O) groups is 3. The maximum atomic E-state index is 13.4. The number of hydrogen-bond donors (Lipinski definition) is 1. The number of amides is 2. The largest absolute Gasteiger partial charge is 0.444 e. The fourth-order valence-corrected chi connectivity index (χ4v) is 4.00. The Morgan fingerprint density at radius 3 is 2.69 bits per heavy atom. The van der Waals surface area contributed by atoms with E-state index in [1.807, 2.05) is 0 Å². The van der Waals surface area contributed by atoms with Gasteiger partial charge in [0, 0.05) is 37.8 Å². The first-order valence-corrected chi connectivity index (χ1v) is 10.3. The van der Waals surface area contributed by atoms with Crippen LogP contribution in [0.5, 0.6) is 0 Å². The highest BCUT2D eigenvalue weighted by molar-refractivity contribution is 5.88. The summed E-state index contributed by atoms with van der Waals surface area (Å²) in [7, 11) is 0. The maximum absolute atomic E-state index is 13.4. The SMILES string of the molecule is CC(C)(C)OC(=O)NC1C=CC(CC=O)(C(=O)N2CCc3ncc(C(F)(F)F)cc3C2)C1. The Hall–Kier alpha value is -2.91. The van der Waals surface area contributed by atoms with Crippen LogP contribution in [0.1, 0.15) is 50.4 Å². The van der Waals surface area contributed by atoms with Crippen LogP contribution in [0.25, 0.3) is 0 Å². The van der Waals surface area contributed by atoms with Crippen molar-refractivity contribution >= 4 is 18.3 Å². The third-order valence-corrected chi connectivity index (χ3v) is 5.46. The average Bonchev–Trinajstić information content (AvgIpc) is 3.08. The van der Waals surface area contributed by atoms with E-state index in [4.69, 9.17) is 4.74 Å². The molecule has 10 heteroatoms. The molecule has 0 saturated carbocycles. The van der Waals surface area contributed by atoms with Crippen LogP contribution in [0.2, 0.25) is 0 Å². The summed E-state index contributed by atoms with van der Waals surface area (Å²) in [5.74, 6) is -0.364. The number of carbonyl (C=O) groups excluding carboxylic acids is 3. The number of alkyl carbamates (subject to hydrolysis) is 1. The van der Waals surface area contributed by atoms with Gasteiger partial charge in [0.15, 0.2) is 0 Å². The zero-order chi connectivity index (χ0) is 23.7. The molecule has 32 heavy (non-hydrogen) atoms. The zero-order valence-electron chi connectivity index (χ0n) is 18.2. The lowest BCUT2D eigenvalue weighted by Gasteiger charge is -2.36. The molecule has 0 fully saturated rings. The van der Waals surface area contributed by atoms with Crippen LogP contribution >= 0.6 is 0 Å². The number of alkyl halides is 3. The second-order valence-corrected chi connectivity index (χ2v) is 9.15. The lowest BCUT2D eigenvalue weighted by Crippen LogP contribution is -2.47. The van der Waals surface area contributed by atoms with Crippen molar-refractivity contribution in [2.24, 2.45) is 5.41 Å². The first-order valence-electron chi connectivity index (χ1n) is 10.3. The summed E-state index contributed by atoms with van der Waals surface area (Å²) in [6.45, 7) is 5.44. The molecular weight excluding hydrogens is 427 g/mol. The van der Waals surface area contributed by atoms with E-state index >= 15 is 0 Å². The number of nitrogens with zero attached hydrogens (tertiary/aromatic N) is 2. The minimum Gasteiger partial charge on any atom is -0.444 e. The molecule has 3 rings (SSSR count). The van der Waals surface area contributed by atoms with Gasteiger partial charge in [-0.3, -0.25) is 9.78 Å². The summed E-state index contributed by atoms with van der Waals surface area (Å²) < 4.78 is 44.4. The second-order valence-electron chi connectivity index (χ2n) is 9.15. The zero-order valence-corrected chi connectivity index (χ0v) is 18.2. The molecule has 174 valence electrons. The lowest BCUT2D eigenvalue weighted by atomic mass is 9.81. The van der Waals surface area contributed by atoms with Gasteiger partial charge in [0.2, 0.25) is 5.91 Å². The molecule has 2 atom stereocenters. The van der Waals surface area contributed by atoms with Crippen molar-refractivity contribution in [2.75, 3.05) is 6.54 Å². The van der Waals surface area contributed by atoms with E-state index in [2.05, 4.69) is 10.3 Å². The molecule has 1 N–H and O–H groups in total. The fraction of sp³-hybridized carbons (Fsp3) is 0.545. The standard InChI is InChI=1S/C22H26F3N3O4/c1-20(2,3)32-19(31)27-16-4-6-21(11-16,7-9-29)18(30)28-8-5-17-14(13-28)10-15(12-26-17)22(23,24)25/h4,6,9-10,12,16H,5,7-8,11,13H2,1-3H3,(H,27,31). The van der Waals surface area contributed by atoms with Crippen LogP contribution in [-0.4, -0.2) is 46.4 Å². The molecular formula is C22H26F3N3O4. The number of ether oxygens (including phenoxy) is 1. The highest BCUT2D eigenvalue weighted by Gasteiger charge is 2.45. The predicted octanol–water partition coefficient (Wildman–Crippen LogP) is 3.41. The van der Waals surface area contributed by atoms with Crippen LogP contribution in [0, 0.1) is 5.41 Å². The number of rotatable bonds is 4. The molecule has 0 radical (unpaired) electrons. The van der Waals surface area contributed by atoms with Gasteiger partial charge in [-0.2, -0.15) is 13.2 Å². The lowest BCUT2D eigenvalue weighted by molar-refractivity contribution is -0.142. The van der Waals surface area contributed by atoms with Crippen molar-refractivity contribution in [3.05, 3.63) is 41.2 Å². The van der Waals surface area contributed by atoms with E-state index in [0.717, 1.165) is 12.3 Å². The molecule has 0 bridgehead atoms. The van der Waals surface area contributed by atoms with Gasteiger partial charge in [0.25, 0.3) is 0 Å². The quantitative estimate of drug-likeness (QED) is 0.558. The molecule has 0 spiro atoms. The summed E-state index contributed by atoms with van der Waals surface area (Å²) in [6.07, 6.45) is -0.0952. The summed E-state index contributed by atoms with van der Waals surface area (Å²) in [5.41, 5.74) is -1.86. The highest BCUT2D eigenvalue weighted by Crippen LogP contribution is 2.39. The monoisotopic (exact) mass is 453 g/mol. The number of aromatic nitrogens is 1. The van der Waals surface area contributed by atoms with Crippen LogP contribution in [0.4, 0.5) is 18.0 Å². The molecule has 2 heterocycles. The molecule has 1 aliphatic carbocycles. The molecule has 2 amide bonds. The Kier molecular flexibility index (Phi) is 6.35. The van der Waals surface area contributed by atoms with Gasteiger partial charge in [-0.15, -0.1) is 0 Å². The van der Waals surface area contributed by atoms with E-state index in [0.29, 0.717) is 24.0 Å². The number of aldehydes is 1. The summed E-state index contributed by atoms with van der Waals surface area (Å²) in [4.78, 5) is 42.2. The molecule has 0 aromatic carbocycles. The highest BCUT2D eigenvalue weighted by atomic mass is 19.4. The maximum Gasteiger partial charge on any atom is 0.417 e. The van der Waals surface area contributed by atoms with E-state index < -0.39 is 34.9 Å². The molecule has 2 unspecified atom stereocenters. The van der Waals surface area contributed by atoms with Gasteiger partial charge in [-0.1, -0.05) is 12.2 Å². The van der Waals surface area contributed by atoms with Gasteiger partial charge in [0.1, 0.15) is 11.9 Å². The average molecular weight is 453 g/mol. The van der Waals surface area contributed by atoms with Gasteiger partial charge in [-0.25, -0.2) is 4.79 Å². The topological polar surface area (TPSA) is 88.6 Å². The van der Waals surface area contributed by atoms with Gasteiger partial charge < -0.3 is 19.7 Å². The van der Waals surface area contributed by atoms with Crippen LogP contribution in [0.15, 0.2) is 24.4 Å². The Balaban J connectivity index is 1.74. The summed E-state index contributed by atoms with van der Waals surface area (Å²) >= 11 is 0. The van der Waals surface area contributed by atoms with Crippen molar-refractivity contribution in [1.82, 2.24) is 15.2 Å². The summed E-state index contributed by atoms with van der Waals surface area (Å²) in [5, 5.41) is 2.68. The summed E-state index contributed by atoms with van der Waals surface area (Å²) in [6, 6.07) is 0.509. The Morgan fingerprint density at radius 1 is 1.34 bits per heavy atom. The fourth-order valence-electron chi connectivity index (χ4n) is 4.00. The normalized spacial score (nSPS) is 22.9. The van der Waals surface area contributed by atoms with Gasteiger partial charge in [0.05, 0.1) is 17.0 Å². The van der Waals surface area contributed by atoms with Crippen LogP contribution in [-0.2, 0) is 33.5 Å². The second kappa shape index (κ2) is 8.55. The van der Waals surface area contributed by atoms with Crippen molar-refractivity contribution < 1.29 is 32.3 Å².